The molecule has 7 heteroatoms. The van der Waals surface area contributed by atoms with Crippen molar-refractivity contribution >= 4 is 11.6 Å². The predicted molar refractivity (Wildman–Crippen MR) is 102 cm³/mol. The van der Waals surface area contributed by atoms with Crippen LogP contribution in [0.4, 0.5) is 5.95 Å². The van der Waals surface area contributed by atoms with Crippen molar-refractivity contribution in [3.63, 3.8) is 0 Å². The maximum Gasteiger partial charge on any atom is 0.223 e. The van der Waals surface area contributed by atoms with Crippen LogP contribution < -0.4 is 5.32 Å². The molecule has 2 fully saturated rings. The lowest BCUT2D eigenvalue weighted by molar-refractivity contribution is 0.0762. The van der Waals surface area contributed by atoms with Gasteiger partial charge in [0.05, 0.1) is 23.7 Å². The molecule has 3 aromatic rings. The van der Waals surface area contributed by atoms with E-state index < -0.39 is 0 Å². The van der Waals surface area contributed by atoms with Gasteiger partial charge in [0.25, 0.3) is 0 Å². The number of aliphatic hydroxyl groups is 1. The van der Waals surface area contributed by atoms with Crippen LogP contribution in [0.2, 0.25) is 0 Å². The molecule has 2 atom stereocenters. The zero-order valence-electron chi connectivity index (χ0n) is 15.3. The van der Waals surface area contributed by atoms with Crippen molar-refractivity contribution in [1.82, 2.24) is 24.6 Å². The molecule has 0 radical (unpaired) electrons. The SMILES string of the molecule is O[C@@H]1CCCC[C@H]1CNc1nccc(-c2ccn3ncc(C4CC4)c3n2)n1. The van der Waals surface area contributed by atoms with Crippen LogP contribution in [0.15, 0.2) is 30.7 Å². The summed E-state index contributed by atoms with van der Waals surface area (Å²) in [5.74, 6) is 1.46. The van der Waals surface area contributed by atoms with Crippen LogP contribution in [-0.2, 0) is 0 Å². The standard InChI is InChI=1S/C20H24N6O/c27-18-4-2-1-3-14(18)11-22-20-21-9-7-16(25-20)17-8-10-26-19(24-17)15(12-23-26)13-5-6-13/h7-10,12-14,18,27H,1-6,11H2,(H,21,22,25)/t14-,18+/m0/s1. The van der Waals surface area contributed by atoms with Crippen molar-refractivity contribution < 1.29 is 5.11 Å². The Morgan fingerprint density at radius 3 is 2.78 bits per heavy atom. The molecule has 3 heterocycles. The van der Waals surface area contributed by atoms with Gasteiger partial charge in [-0.1, -0.05) is 12.8 Å². The van der Waals surface area contributed by atoms with Crippen LogP contribution in [0.3, 0.4) is 0 Å². The minimum Gasteiger partial charge on any atom is -0.393 e. The minimum absolute atomic E-state index is 0.221. The Morgan fingerprint density at radius 1 is 1.07 bits per heavy atom. The van der Waals surface area contributed by atoms with Crippen LogP contribution in [0.1, 0.15) is 50.0 Å². The van der Waals surface area contributed by atoms with Crippen molar-refractivity contribution in [1.29, 1.82) is 0 Å². The molecule has 0 aromatic carbocycles. The first-order valence-electron chi connectivity index (χ1n) is 9.87. The highest BCUT2D eigenvalue weighted by Gasteiger charge is 2.27. The van der Waals surface area contributed by atoms with Crippen molar-refractivity contribution in [2.45, 2.75) is 50.5 Å². The van der Waals surface area contributed by atoms with Crippen LogP contribution >= 0.6 is 0 Å². The lowest BCUT2D eigenvalue weighted by Gasteiger charge is -2.27. The van der Waals surface area contributed by atoms with Gasteiger partial charge in [-0.2, -0.15) is 5.10 Å². The Hall–Kier alpha value is -2.54. The highest BCUT2D eigenvalue weighted by atomic mass is 16.3. The Labute approximate surface area is 157 Å². The fraction of sp³-hybridized carbons (Fsp3) is 0.500. The second-order valence-corrected chi connectivity index (χ2v) is 7.71. The van der Waals surface area contributed by atoms with E-state index in [1.54, 1.807) is 6.20 Å². The lowest BCUT2D eigenvalue weighted by Crippen LogP contribution is -2.30. The first-order valence-corrected chi connectivity index (χ1v) is 9.87. The van der Waals surface area contributed by atoms with Gasteiger partial charge in [-0.3, -0.25) is 0 Å². The Morgan fingerprint density at radius 2 is 1.93 bits per heavy atom. The zero-order chi connectivity index (χ0) is 18.2. The third-order valence-electron chi connectivity index (χ3n) is 5.72. The summed E-state index contributed by atoms with van der Waals surface area (Å²) in [5.41, 5.74) is 3.78. The topological polar surface area (TPSA) is 88.2 Å². The summed E-state index contributed by atoms with van der Waals surface area (Å²) in [6.45, 7) is 0.700. The molecule has 0 unspecified atom stereocenters. The van der Waals surface area contributed by atoms with Gasteiger partial charge < -0.3 is 10.4 Å². The summed E-state index contributed by atoms with van der Waals surface area (Å²) in [4.78, 5) is 13.8. The van der Waals surface area contributed by atoms with Crippen molar-refractivity contribution in [3.05, 3.63) is 36.3 Å². The van der Waals surface area contributed by atoms with Gasteiger partial charge in [0.15, 0.2) is 5.65 Å². The molecule has 5 rings (SSSR count). The van der Waals surface area contributed by atoms with Crippen LogP contribution in [0, 0.1) is 5.92 Å². The van der Waals surface area contributed by atoms with E-state index in [0.29, 0.717) is 18.4 Å². The average molecular weight is 364 g/mol. The number of hydrogen-bond donors (Lipinski definition) is 2. The molecule has 7 nitrogen and oxygen atoms in total. The molecule has 0 spiro atoms. The Bertz CT molecular complexity index is 951. The Balaban J connectivity index is 1.37. The van der Waals surface area contributed by atoms with E-state index in [2.05, 4.69) is 20.4 Å². The zero-order valence-corrected chi connectivity index (χ0v) is 15.3. The molecule has 2 aliphatic carbocycles. The molecule has 0 bridgehead atoms. The number of anilines is 1. The van der Waals surface area contributed by atoms with E-state index in [1.165, 1.54) is 24.8 Å². The van der Waals surface area contributed by atoms with Gasteiger partial charge in [0, 0.05) is 30.4 Å². The number of aliphatic hydroxyl groups excluding tert-OH is 1. The van der Waals surface area contributed by atoms with Crippen molar-refractivity contribution in [2.24, 2.45) is 5.92 Å². The van der Waals surface area contributed by atoms with Crippen LogP contribution in [0.5, 0.6) is 0 Å². The summed E-state index contributed by atoms with van der Waals surface area (Å²) in [7, 11) is 0. The molecule has 0 aliphatic heterocycles. The van der Waals surface area contributed by atoms with E-state index in [1.807, 2.05) is 29.0 Å². The molecule has 2 saturated carbocycles. The summed E-state index contributed by atoms with van der Waals surface area (Å²) in [6.07, 6.45) is 12.1. The number of aromatic nitrogens is 5. The lowest BCUT2D eigenvalue weighted by atomic mass is 9.86. The number of rotatable bonds is 5. The quantitative estimate of drug-likeness (QED) is 0.723. The summed E-state index contributed by atoms with van der Waals surface area (Å²) < 4.78 is 1.84. The molecule has 0 saturated heterocycles. The second kappa shape index (κ2) is 6.88. The summed E-state index contributed by atoms with van der Waals surface area (Å²) in [5, 5.41) is 17.8. The molecule has 3 aromatic heterocycles. The molecular formula is C20H24N6O. The van der Waals surface area contributed by atoms with Crippen LogP contribution in [-0.4, -0.2) is 42.3 Å². The van der Waals surface area contributed by atoms with E-state index in [-0.39, 0.29) is 12.0 Å². The van der Waals surface area contributed by atoms with Gasteiger partial charge >= 0.3 is 0 Å². The normalized spacial score (nSPS) is 22.9. The summed E-state index contributed by atoms with van der Waals surface area (Å²) in [6, 6.07) is 3.82. The third kappa shape index (κ3) is 3.39. The highest BCUT2D eigenvalue weighted by Crippen LogP contribution is 2.41. The van der Waals surface area contributed by atoms with Gasteiger partial charge in [0.1, 0.15) is 0 Å². The van der Waals surface area contributed by atoms with E-state index >= 15 is 0 Å². The van der Waals surface area contributed by atoms with Crippen molar-refractivity contribution in [2.75, 3.05) is 11.9 Å². The maximum atomic E-state index is 10.1. The van der Waals surface area contributed by atoms with E-state index in [4.69, 9.17) is 4.98 Å². The fourth-order valence-corrected chi connectivity index (χ4v) is 3.95. The third-order valence-corrected chi connectivity index (χ3v) is 5.72. The Kier molecular flexibility index (Phi) is 4.24. The number of nitrogens with zero attached hydrogens (tertiary/aromatic N) is 5. The predicted octanol–water partition coefficient (Wildman–Crippen LogP) is 3.03. The van der Waals surface area contributed by atoms with Crippen LogP contribution in [0.25, 0.3) is 17.0 Å². The molecule has 0 amide bonds. The van der Waals surface area contributed by atoms with Gasteiger partial charge in [-0.25, -0.2) is 19.5 Å². The minimum atomic E-state index is -0.221. The van der Waals surface area contributed by atoms with E-state index in [9.17, 15) is 5.11 Å². The maximum absolute atomic E-state index is 10.1. The van der Waals surface area contributed by atoms with Gasteiger partial charge in [-0.15, -0.1) is 0 Å². The second-order valence-electron chi connectivity index (χ2n) is 7.71. The first kappa shape index (κ1) is 16.6. The number of hydrogen-bond acceptors (Lipinski definition) is 6. The van der Waals surface area contributed by atoms with Crippen molar-refractivity contribution in [3.8, 4) is 11.4 Å². The monoisotopic (exact) mass is 364 g/mol. The first-order chi connectivity index (χ1) is 13.3. The molecular weight excluding hydrogens is 340 g/mol. The fourth-order valence-electron chi connectivity index (χ4n) is 3.95. The smallest absolute Gasteiger partial charge is 0.223 e. The van der Waals surface area contributed by atoms with E-state index in [0.717, 1.165) is 36.3 Å². The molecule has 140 valence electrons. The van der Waals surface area contributed by atoms with Gasteiger partial charge in [-0.05, 0) is 43.7 Å². The number of fused-ring (bicyclic) bond motifs is 1. The molecule has 27 heavy (non-hydrogen) atoms. The average Bonchev–Trinajstić information content (AvgIpc) is 3.46. The largest absolute Gasteiger partial charge is 0.393 e. The van der Waals surface area contributed by atoms with Gasteiger partial charge in [0.2, 0.25) is 5.95 Å². The molecule has 2 N–H and O–H groups in total. The number of nitrogens with one attached hydrogen (secondary N) is 1. The highest BCUT2D eigenvalue weighted by molar-refractivity contribution is 5.61. The summed E-state index contributed by atoms with van der Waals surface area (Å²) >= 11 is 0. The molecule has 2 aliphatic rings.